The van der Waals surface area contributed by atoms with Crippen molar-refractivity contribution in [3.63, 3.8) is 0 Å². The third-order valence-corrected chi connectivity index (χ3v) is 5.87. The van der Waals surface area contributed by atoms with Crippen molar-refractivity contribution >= 4 is 28.6 Å². The van der Waals surface area contributed by atoms with Crippen molar-refractivity contribution in [2.24, 2.45) is 0 Å². The number of carbonyl (C=O) groups is 3. The number of H-pyrrole nitrogens is 1. The molecule has 0 aliphatic heterocycles. The standard InChI is InChI=1S/C27H25N3O6/c1-16-14-21(17(2)30(16)19-10-8-18(9-11-19)27(34)35-3)23(31)15-36-25(32)13-12-24-28-22-7-5-4-6-20(22)26(33)29-24/h4-11,14H,12-13,15H2,1-3H3,(H,28,29,33). The normalized spacial score (nSPS) is 10.9. The Labute approximate surface area is 206 Å². The molecule has 0 spiro atoms. The van der Waals surface area contributed by atoms with Gasteiger partial charge in [0, 0.05) is 29.1 Å². The molecule has 1 N–H and O–H groups in total. The molecular formula is C27H25N3O6. The molecule has 2 aromatic heterocycles. The lowest BCUT2D eigenvalue weighted by atomic mass is 10.1. The summed E-state index contributed by atoms with van der Waals surface area (Å²) in [5.41, 5.74) is 3.44. The van der Waals surface area contributed by atoms with Gasteiger partial charge in [-0.2, -0.15) is 0 Å². The van der Waals surface area contributed by atoms with Crippen molar-refractivity contribution in [1.82, 2.24) is 14.5 Å². The second kappa shape index (κ2) is 10.4. The van der Waals surface area contributed by atoms with Gasteiger partial charge in [-0.3, -0.25) is 14.4 Å². The zero-order valence-electron chi connectivity index (χ0n) is 20.2. The van der Waals surface area contributed by atoms with Crippen LogP contribution < -0.4 is 5.56 Å². The molecule has 4 aromatic rings. The zero-order chi connectivity index (χ0) is 25.8. The largest absolute Gasteiger partial charge is 0.465 e. The fourth-order valence-electron chi connectivity index (χ4n) is 4.08. The monoisotopic (exact) mass is 487 g/mol. The van der Waals surface area contributed by atoms with E-state index in [-0.39, 0.29) is 24.2 Å². The van der Waals surface area contributed by atoms with E-state index >= 15 is 0 Å². The number of ketones is 1. The predicted molar refractivity (Wildman–Crippen MR) is 133 cm³/mol. The number of aromatic nitrogens is 3. The molecule has 9 heteroatoms. The van der Waals surface area contributed by atoms with E-state index in [1.54, 1.807) is 61.5 Å². The maximum Gasteiger partial charge on any atom is 0.337 e. The van der Waals surface area contributed by atoms with E-state index in [1.165, 1.54) is 7.11 Å². The van der Waals surface area contributed by atoms with Crippen molar-refractivity contribution < 1.29 is 23.9 Å². The summed E-state index contributed by atoms with van der Waals surface area (Å²) >= 11 is 0. The number of aromatic amines is 1. The van der Waals surface area contributed by atoms with Gasteiger partial charge in [-0.05, 0) is 56.3 Å². The first-order chi connectivity index (χ1) is 17.3. The van der Waals surface area contributed by atoms with Gasteiger partial charge in [0.25, 0.3) is 5.56 Å². The van der Waals surface area contributed by atoms with Crippen molar-refractivity contribution in [2.75, 3.05) is 13.7 Å². The van der Waals surface area contributed by atoms with E-state index in [0.29, 0.717) is 33.5 Å². The Morgan fingerprint density at radius 3 is 2.47 bits per heavy atom. The maximum atomic E-state index is 12.8. The highest BCUT2D eigenvalue weighted by molar-refractivity contribution is 5.99. The van der Waals surface area contributed by atoms with Crippen LogP contribution in [0.4, 0.5) is 0 Å². The Morgan fingerprint density at radius 2 is 1.75 bits per heavy atom. The quantitative estimate of drug-likeness (QED) is 0.298. The SMILES string of the molecule is COC(=O)c1ccc(-n2c(C)cc(C(=O)COC(=O)CCc3nc4ccccc4c(=O)[nH]3)c2C)cc1. The number of rotatable bonds is 8. The zero-order valence-corrected chi connectivity index (χ0v) is 20.2. The van der Waals surface area contributed by atoms with Gasteiger partial charge < -0.3 is 19.0 Å². The number of para-hydroxylation sites is 1. The lowest BCUT2D eigenvalue weighted by Crippen LogP contribution is -2.17. The molecule has 0 bridgehead atoms. The topological polar surface area (TPSA) is 120 Å². The highest BCUT2D eigenvalue weighted by atomic mass is 16.5. The van der Waals surface area contributed by atoms with Crippen molar-refractivity contribution in [3.05, 3.63) is 93.3 Å². The van der Waals surface area contributed by atoms with Crippen LogP contribution >= 0.6 is 0 Å². The summed E-state index contributed by atoms with van der Waals surface area (Å²) in [6.07, 6.45) is 0.156. The molecule has 0 radical (unpaired) electrons. The minimum absolute atomic E-state index is 0.0277. The minimum atomic E-state index is -0.564. The first kappa shape index (κ1) is 24.6. The van der Waals surface area contributed by atoms with Gasteiger partial charge >= 0.3 is 11.9 Å². The van der Waals surface area contributed by atoms with Crippen LogP contribution in [0.1, 0.15) is 44.3 Å². The highest BCUT2D eigenvalue weighted by Crippen LogP contribution is 2.22. The summed E-state index contributed by atoms with van der Waals surface area (Å²) in [7, 11) is 1.32. The Balaban J connectivity index is 1.38. The molecule has 0 fully saturated rings. The molecule has 9 nitrogen and oxygen atoms in total. The number of aryl methyl sites for hydroxylation is 2. The summed E-state index contributed by atoms with van der Waals surface area (Å²) in [6.45, 7) is 3.27. The average molecular weight is 488 g/mol. The van der Waals surface area contributed by atoms with Crippen LogP contribution in [0.2, 0.25) is 0 Å². The van der Waals surface area contributed by atoms with Gasteiger partial charge in [-0.1, -0.05) is 12.1 Å². The lowest BCUT2D eigenvalue weighted by Gasteiger charge is -2.11. The summed E-state index contributed by atoms with van der Waals surface area (Å²) in [5.74, 6) is -0.941. The second-order valence-corrected chi connectivity index (χ2v) is 8.27. The molecule has 2 heterocycles. The van der Waals surface area contributed by atoms with Crippen molar-refractivity contribution in [1.29, 1.82) is 0 Å². The van der Waals surface area contributed by atoms with Gasteiger partial charge in [0.05, 0.1) is 30.0 Å². The number of hydrogen-bond donors (Lipinski definition) is 1. The number of nitrogens with zero attached hydrogens (tertiary/aromatic N) is 2. The molecule has 0 aliphatic rings. The van der Waals surface area contributed by atoms with Crippen LogP contribution in [0.5, 0.6) is 0 Å². The number of benzene rings is 2. The van der Waals surface area contributed by atoms with Crippen molar-refractivity contribution in [2.45, 2.75) is 26.7 Å². The number of fused-ring (bicyclic) bond motifs is 1. The van der Waals surface area contributed by atoms with Crippen LogP contribution in [0.25, 0.3) is 16.6 Å². The van der Waals surface area contributed by atoms with Crippen molar-refractivity contribution in [3.8, 4) is 5.69 Å². The minimum Gasteiger partial charge on any atom is -0.465 e. The summed E-state index contributed by atoms with van der Waals surface area (Å²) in [5, 5.41) is 0.478. The van der Waals surface area contributed by atoms with Gasteiger partial charge in [0.2, 0.25) is 5.78 Å². The molecule has 0 saturated heterocycles. The lowest BCUT2D eigenvalue weighted by molar-refractivity contribution is -0.142. The molecule has 36 heavy (non-hydrogen) atoms. The number of esters is 2. The first-order valence-corrected chi connectivity index (χ1v) is 11.3. The van der Waals surface area contributed by atoms with Gasteiger partial charge in [0.15, 0.2) is 6.61 Å². The molecular weight excluding hydrogens is 462 g/mol. The van der Waals surface area contributed by atoms with E-state index in [1.807, 2.05) is 11.5 Å². The molecule has 184 valence electrons. The first-order valence-electron chi connectivity index (χ1n) is 11.3. The second-order valence-electron chi connectivity index (χ2n) is 8.27. The fraction of sp³-hybridized carbons (Fsp3) is 0.222. The van der Waals surface area contributed by atoms with E-state index < -0.39 is 18.5 Å². The van der Waals surface area contributed by atoms with Gasteiger partial charge in [0.1, 0.15) is 5.82 Å². The molecule has 0 unspecified atom stereocenters. The van der Waals surface area contributed by atoms with Crippen LogP contribution in [0.3, 0.4) is 0 Å². The van der Waals surface area contributed by atoms with E-state index in [2.05, 4.69) is 9.97 Å². The summed E-state index contributed by atoms with van der Waals surface area (Å²) in [4.78, 5) is 55.9. The number of ether oxygens (including phenoxy) is 2. The summed E-state index contributed by atoms with van der Waals surface area (Å²) in [6, 6.07) is 15.5. The van der Waals surface area contributed by atoms with Gasteiger partial charge in [-0.15, -0.1) is 0 Å². The Bertz CT molecular complexity index is 1520. The molecule has 0 amide bonds. The molecule has 2 aromatic carbocycles. The van der Waals surface area contributed by atoms with Crippen LogP contribution in [0.15, 0.2) is 59.4 Å². The molecule has 0 atom stereocenters. The van der Waals surface area contributed by atoms with Crippen LogP contribution in [0, 0.1) is 13.8 Å². The third-order valence-electron chi connectivity index (χ3n) is 5.87. The maximum absolute atomic E-state index is 12.8. The summed E-state index contributed by atoms with van der Waals surface area (Å²) < 4.78 is 11.8. The third kappa shape index (κ3) is 5.10. The average Bonchev–Trinajstić information content (AvgIpc) is 3.19. The number of hydrogen-bond acceptors (Lipinski definition) is 7. The van der Waals surface area contributed by atoms with Crippen LogP contribution in [-0.4, -0.2) is 46.0 Å². The molecule has 0 saturated carbocycles. The molecule has 0 aliphatic carbocycles. The van der Waals surface area contributed by atoms with Gasteiger partial charge in [-0.25, -0.2) is 9.78 Å². The Kier molecular flexibility index (Phi) is 7.10. The number of nitrogens with one attached hydrogen (secondary N) is 1. The van der Waals surface area contributed by atoms with E-state index in [4.69, 9.17) is 9.47 Å². The van der Waals surface area contributed by atoms with E-state index in [0.717, 1.165) is 11.4 Å². The highest BCUT2D eigenvalue weighted by Gasteiger charge is 2.19. The molecule has 4 rings (SSSR count). The number of carbonyl (C=O) groups excluding carboxylic acids is 3. The number of methoxy groups -OCH3 is 1. The Morgan fingerprint density at radius 1 is 1.03 bits per heavy atom. The fourth-order valence-corrected chi connectivity index (χ4v) is 4.08. The number of Topliss-reactive ketones (excluding diaryl/α,β-unsaturated/α-hetero) is 1. The van der Waals surface area contributed by atoms with Crippen LogP contribution in [-0.2, 0) is 20.7 Å². The van der Waals surface area contributed by atoms with E-state index in [9.17, 15) is 19.2 Å². The smallest absolute Gasteiger partial charge is 0.337 e. The predicted octanol–water partition coefficient (Wildman–Crippen LogP) is 3.48. The Hall–Kier alpha value is -4.53.